The van der Waals surface area contributed by atoms with Gasteiger partial charge < -0.3 is 4.74 Å². The van der Waals surface area contributed by atoms with Crippen LogP contribution in [0.2, 0.25) is 0 Å². The minimum Gasteiger partial charge on any atom is -0.490 e. The molecule has 17 heavy (non-hydrogen) atoms. The molecule has 0 bridgehead atoms. The Balaban J connectivity index is 2.05. The number of ether oxygens (including phenoxy) is 1. The largest absolute Gasteiger partial charge is 0.490 e. The number of rotatable bonds is 3. The second-order valence-electron chi connectivity index (χ2n) is 5.80. The van der Waals surface area contributed by atoms with Gasteiger partial charge in [0.25, 0.3) is 0 Å². The molecule has 3 atom stereocenters. The van der Waals surface area contributed by atoms with E-state index < -0.39 is 0 Å². The molecule has 1 aliphatic rings. The minimum atomic E-state index is 0.404. The molecule has 1 aromatic rings. The van der Waals surface area contributed by atoms with Crippen molar-refractivity contribution in [2.45, 2.75) is 46.1 Å². The topological polar surface area (TPSA) is 9.23 Å². The van der Waals surface area contributed by atoms with Crippen LogP contribution in [0.4, 0.5) is 0 Å². The van der Waals surface area contributed by atoms with Crippen LogP contribution in [-0.4, -0.2) is 6.10 Å². The molecule has 2 rings (SSSR count). The van der Waals surface area contributed by atoms with Gasteiger partial charge in [-0.3, -0.25) is 0 Å². The van der Waals surface area contributed by atoms with Crippen LogP contribution in [-0.2, 0) is 0 Å². The van der Waals surface area contributed by atoms with Crippen molar-refractivity contribution in [2.24, 2.45) is 17.8 Å². The van der Waals surface area contributed by atoms with Gasteiger partial charge in [-0.05, 0) is 42.7 Å². The van der Waals surface area contributed by atoms with Gasteiger partial charge in [0.05, 0.1) is 0 Å². The van der Waals surface area contributed by atoms with Crippen LogP contribution in [0.1, 0.15) is 40.0 Å². The Kier molecular flexibility index (Phi) is 4.09. The fourth-order valence-corrected chi connectivity index (χ4v) is 2.92. The first-order valence-corrected chi connectivity index (χ1v) is 6.88. The summed E-state index contributed by atoms with van der Waals surface area (Å²) in [5.74, 6) is 3.26. The van der Waals surface area contributed by atoms with E-state index in [2.05, 4.69) is 32.9 Å². The van der Waals surface area contributed by atoms with Gasteiger partial charge in [-0.25, -0.2) is 0 Å². The summed E-state index contributed by atoms with van der Waals surface area (Å²) in [4.78, 5) is 0. The van der Waals surface area contributed by atoms with Gasteiger partial charge in [0, 0.05) is 0 Å². The summed E-state index contributed by atoms with van der Waals surface area (Å²) in [6.45, 7) is 6.99. The zero-order valence-corrected chi connectivity index (χ0v) is 11.2. The third-order valence-electron chi connectivity index (χ3n) is 3.99. The third kappa shape index (κ3) is 3.24. The number of hydrogen-bond donors (Lipinski definition) is 0. The highest BCUT2D eigenvalue weighted by molar-refractivity contribution is 5.21. The molecule has 1 saturated carbocycles. The molecule has 1 aliphatic carbocycles. The Hall–Kier alpha value is -0.980. The van der Waals surface area contributed by atoms with Crippen LogP contribution in [0.15, 0.2) is 30.3 Å². The highest BCUT2D eigenvalue weighted by Gasteiger charge is 2.32. The highest BCUT2D eigenvalue weighted by atomic mass is 16.5. The molecule has 1 aromatic carbocycles. The fraction of sp³-hybridized carbons (Fsp3) is 0.625. The lowest BCUT2D eigenvalue weighted by Gasteiger charge is -2.37. The zero-order valence-electron chi connectivity index (χ0n) is 11.2. The van der Waals surface area contributed by atoms with Crippen LogP contribution in [0.5, 0.6) is 5.75 Å². The summed E-state index contributed by atoms with van der Waals surface area (Å²) < 4.78 is 6.20. The van der Waals surface area contributed by atoms with E-state index in [0.717, 1.165) is 17.6 Å². The van der Waals surface area contributed by atoms with E-state index in [-0.39, 0.29) is 0 Å². The SMILES string of the molecule is CC(C)[C@H]1CC[C@H](C)C[C@@H]1Oc1ccccc1. The Morgan fingerprint density at radius 1 is 1.12 bits per heavy atom. The Labute approximate surface area is 105 Å². The van der Waals surface area contributed by atoms with Gasteiger partial charge in [-0.2, -0.15) is 0 Å². The Morgan fingerprint density at radius 3 is 2.47 bits per heavy atom. The molecule has 0 N–H and O–H groups in total. The standard InChI is InChI=1S/C16H24O/c1-12(2)15-10-9-13(3)11-16(15)17-14-7-5-4-6-8-14/h4-8,12-13,15-16H,9-11H2,1-3H3/t13-,15+,16-/m0/s1. The van der Waals surface area contributed by atoms with E-state index in [0.29, 0.717) is 12.0 Å². The van der Waals surface area contributed by atoms with Crippen molar-refractivity contribution >= 4 is 0 Å². The maximum absolute atomic E-state index is 6.20. The summed E-state index contributed by atoms with van der Waals surface area (Å²) in [7, 11) is 0. The molecule has 0 saturated heterocycles. The normalized spacial score (nSPS) is 29.3. The third-order valence-corrected chi connectivity index (χ3v) is 3.99. The number of hydrogen-bond acceptors (Lipinski definition) is 1. The molecule has 1 heteroatoms. The monoisotopic (exact) mass is 232 g/mol. The van der Waals surface area contributed by atoms with E-state index in [9.17, 15) is 0 Å². The predicted octanol–water partition coefficient (Wildman–Crippen LogP) is 4.53. The van der Waals surface area contributed by atoms with Crippen molar-refractivity contribution in [3.8, 4) is 5.75 Å². The van der Waals surface area contributed by atoms with Crippen LogP contribution in [0.3, 0.4) is 0 Å². The molecule has 0 heterocycles. The second-order valence-corrected chi connectivity index (χ2v) is 5.80. The van der Waals surface area contributed by atoms with E-state index in [1.807, 2.05) is 18.2 Å². The lowest BCUT2D eigenvalue weighted by molar-refractivity contribution is 0.0460. The molecular formula is C16H24O. The summed E-state index contributed by atoms with van der Waals surface area (Å²) in [6.07, 6.45) is 4.28. The van der Waals surface area contributed by atoms with Crippen LogP contribution >= 0.6 is 0 Å². The quantitative estimate of drug-likeness (QED) is 0.744. The predicted molar refractivity (Wildman–Crippen MR) is 72.2 cm³/mol. The molecule has 0 unspecified atom stereocenters. The van der Waals surface area contributed by atoms with Crippen molar-refractivity contribution in [2.75, 3.05) is 0 Å². The van der Waals surface area contributed by atoms with E-state index in [1.165, 1.54) is 19.3 Å². The van der Waals surface area contributed by atoms with E-state index in [4.69, 9.17) is 4.74 Å². The summed E-state index contributed by atoms with van der Waals surface area (Å²) >= 11 is 0. The highest BCUT2D eigenvalue weighted by Crippen LogP contribution is 2.35. The minimum absolute atomic E-state index is 0.404. The van der Waals surface area contributed by atoms with Crippen molar-refractivity contribution in [3.05, 3.63) is 30.3 Å². The fourth-order valence-electron chi connectivity index (χ4n) is 2.92. The van der Waals surface area contributed by atoms with Gasteiger partial charge in [-0.15, -0.1) is 0 Å². The van der Waals surface area contributed by atoms with Crippen LogP contribution < -0.4 is 4.74 Å². The smallest absolute Gasteiger partial charge is 0.119 e. The summed E-state index contributed by atoms with van der Waals surface area (Å²) in [6, 6.07) is 10.3. The van der Waals surface area contributed by atoms with Crippen LogP contribution in [0.25, 0.3) is 0 Å². The van der Waals surface area contributed by atoms with Gasteiger partial charge in [-0.1, -0.05) is 45.4 Å². The molecule has 0 aliphatic heterocycles. The Morgan fingerprint density at radius 2 is 1.82 bits per heavy atom. The van der Waals surface area contributed by atoms with Gasteiger partial charge in [0.15, 0.2) is 0 Å². The molecule has 0 spiro atoms. The zero-order chi connectivity index (χ0) is 12.3. The molecular weight excluding hydrogens is 208 g/mol. The molecule has 1 nitrogen and oxygen atoms in total. The Bertz CT molecular complexity index is 331. The maximum Gasteiger partial charge on any atom is 0.119 e. The van der Waals surface area contributed by atoms with Gasteiger partial charge >= 0.3 is 0 Å². The summed E-state index contributed by atoms with van der Waals surface area (Å²) in [5.41, 5.74) is 0. The first-order valence-electron chi connectivity index (χ1n) is 6.88. The summed E-state index contributed by atoms with van der Waals surface area (Å²) in [5, 5.41) is 0. The van der Waals surface area contributed by atoms with E-state index in [1.54, 1.807) is 0 Å². The average molecular weight is 232 g/mol. The van der Waals surface area contributed by atoms with Crippen molar-refractivity contribution in [3.63, 3.8) is 0 Å². The van der Waals surface area contributed by atoms with Crippen LogP contribution in [0, 0.1) is 17.8 Å². The number of benzene rings is 1. The maximum atomic E-state index is 6.20. The first-order chi connectivity index (χ1) is 8.16. The first kappa shape index (κ1) is 12.5. The van der Waals surface area contributed by atoms with Gasteiger partial charge in [0.2, 0.25) is 0 Å². The molecule has 0 amide bonds. The average Bonchev–Trinajstić information content (AvgIpc) is 2.30. The molecule has 94 valence electrons. The lowest BCUT2D eigenvalue weighted by Crippen LogP contribution is -2.36. The van der Waals surface area contributed by atoms with Crippen molar-refractivity contribution in [1.82, 2.24) is 0 Å². The second kappa shape index (κ2) is 5.57. The van der Waals surface area contributed by atoms with Crippen molar-refractivity contribution < 1.29 is 4.74 Å². The van der Waals surface area contributed by atoms with E-state index >= 15 is 0 Å². The number of para-hydroxylation sites is 1. The molecule has 1 fully saturated rings. The molecule has 0 aromatic heterocycles. The van der Waals surface area contributed by atoms with Crippen molar-refractivity contribution in [1.29, 1.82) is 0 Å². The molecule has 0 radical (unpaired) electrons. The van der Waals surface area contributed by atoms with Gasteiger partial charge in [0.1, 0.15) is 11.9 Å². The lowest BCUT2D eigenvalue weighted by atomic mass is 9.75.